The molecule has 0 atom stereocenters. The Morgan fingerprint density at radius 1 is 0.828 bits per heavy atom. The van der Waals surface area contributed by atoms with Gasteiger partial charge in [0.15, 0.2) is 21.4 Å². The second-order valence-corrected chi connectivity index (χ2v) is 8.26. The summed E-state index contributed by atoms with van der Waals surface area (Å²) in [5.41, 5.74) is 0. The summed E-state index contributed by atoms with van der Waals surface area (Å²) in [6.45, 7) is -1.25. The van der Waals surface area contributed by atoms with Crippen molar-refractivity contribution in [2.75, 3.05) is 24.7 Å². The van der Waals surface area contributed by atoms with E-state index in [2.05, 4.69) is 19.0 Å². The third-order valence-corrected chi connectivity index (χ3v) is 5.39. The van der Waals surface area contributed by atoms with Crippen molar-refractivity contribution in [1.82, 2.24) is 5.06 Å². The van der Waals surface area contributed by atoms with E-state index in [1.54, 1.807) is 0 Å². The Balaban J connectivity index is 1.64. The van der Waals surface area contributed by atoms with Gasteiger partial charge < -0.3 is 14.2 Å². The SMILES string of the molecule is O=C(OCCS(=O)(=O)CCOC(=O)ON1C(=O)CCC1=O)OC1C(=O)CCC1=O. The maximum atomic E-state index is 11.8. The molecule has 0 spiro atoms. The van der Waals surface area contributed by atoms with Gasteiger partial charge in [0.1, 0.15) is 13.2 Å². The zero-order chi connectivity index (χ0) is 21.6. The zero-order valence-corrected chi connectivity index (χ0v) is 15.8. The second-order valence-electron chi connectivity index (χ2n) is 5.95. The number of hydrogen-bond donors (Lipinski definition) is 0. The molecule has 2 aliphatic rings. The molecule has 2 rings (SSSR count). The molecular weight excluding hydrogens is 418 g/mol. The number of imide groups is 1. The molecule has 160 valence electrons. The predicted octanol–water partition coefficient (Wildman–Crippen LogP) is -0.928. The van der Waals surface area contributed by atoms with E-state index in [1.807, 2.05) is 0 Å². The van der Waals surface area contributed by atoms with Gasteiger partial charge in [-0.1, -0.05) is 5.06 Å². The van der Waals surface area contributed by atoms with E-state index in [-0.39, 0.29) is 30.7 Å². The van der Waals surface area contributed by atoms with Crippen LogP contribution in [-0.4, -0.2) is 80.0 Å². The Bertz CT molecular complexity index is 738. The number of ether oxygens (including phenoxy) is 3. The first-order valence-electron chi connectivity index (χ1n) is 8.39. The fraction of sp³-hybridized carbons (Fsp3) is 0.600. The van der Waals surface area contributed by atoms with Gasteiger partial charge in [0.25, 0.3) is 11.8 Å². The van der Waals surface area contributed by atoms with E-state index in [0.29, 0.717) is 0 Å². The Morgan fingerprint density at radius 2 is 1.31 bits per heavy atom. The minimum atomic E-state index is -3.82. The molecule has 29 heavy (non-hydrogen) atoms. The number of sulfone groups is 1. The molecule has 1 saturated carbocycles. The molecule has 0 unspecified atom stereocenters. The Hall–Kier alpha value is -3.03. The molecule has 0 bridgehead atoms. The van der Waals surface area contributed by atoms with E-state index >= 15 is 0 Å². The van der Waals surface area contributed by atoms with Crippen molar-refractivity contribution in [1.29, 1.82) is 0 Å². The number of ketones is 2. The molecule has 1 aliphatic carbocycles. The highest BCUT2D eigenvalue weighted by Crippen LogP contribution is 2.15. The number of amides is 2. The van der Waals surface area contributed by atoms with Gasteiger partial charge >= 0.3 is 12.3 Å². The van der Waals surface area contributed by atoms with Crippen molar-refractivity contribution >= 4 is 45.5 Å². The molecule has 1 aliphatic heterocycles. The number of rotatable bonds is 8. The summed E-state index contributed by atoms with van der Waals surface area (Å²) >= 11 is 0. The van der Waals surface area contributed by atoms with Gasteiger partial charge in [-0.15, -0.1) is 0 Å². The highest BCUT2D eigenvalue weighted by atomic mass is 32.2. The molecule has 0 N–H and O–H groups in total. The standard InChI is InChI=1S/C15H17NO12S/c17-9-1-2-10(18)13(9)27-14(21)25-5-7-29(23,24)8-6-26-15(22)28-16-11(19)3-4-12(16)20/h13H,1-8H2. The first kappa shape index (κ1) is 22.3. The monoisotopic (exact) mass is 435 g/mol. The summed E-state index contributed by atoms with van der Waals surface area (Å²) in [5, 5.41) is 0.246. The van der Waals surface area contributed by atoms with Crippen LogP contribution >= 0.6 is 0 Å². The van der Waals surface area contributed by atoms with Crippen molar-refractivity contribution < 1.29 is 56.2 Å². The molecule has 0 aromatic carbocycles. The third kappa shape index (κ3) is 6.51. The molecule has 2 amide bonds. The number of Topliss-reactive ketones (excluding diaryl/α,β-unsaturated/α-hetero) is 2. The Labute approximate surface area is 164 Å². The van der Waals surface area contributed by atoms with Gasteiger partial charge in [-0.3, -0.25) is 24.0 Å². The highest BCUT2D eigenvalue weighted by Gasteiger charge is 2.37. The van der Waals surface area contributed by atoms with Crippen LogP contribution in [0.4, 0.5) is 9.59 Å². The molecule has 1 saturated heterocycles. The maximum Gasteiger partial charge on any atom is 0.533 e. The van der Waals surface area contributed by atoms with Gasteiger partial charge in [-0.25, -0.2) is 18.0 Å². The van der Waals surface area contributed by atoms with Crippen LogP contribution in [0.1, 0.15) is 25.7 Å². The lowest BCUT2D eigenvalue weighted by atomic mass is 10.3. The van der Waals surface area contributed by atoms with E-state index in [0.717, 1.165) is 0 Å². The predicted molar refractivity (Wildman–Crippen MR) is 87.6 cm³/mol. The normalized spacial score (nSPS) is 17.6. The van der Waals surface area contributed by atoms with Crippen molar-refractivity contribution in [2.45, 2.75) is 31.8 Å². The number of hydrogen-bond acceptors (Lipinski definition) is 12. The van der Waals surface area contributed by atoms with Gasteiger partial charge in [-0.05, 0) is 0 Å². The minimum Gasteiger partial charge on any atom is -0.433 e. The van der Waals surface area contributed by atoms with Crippen molar-refractivity contribution in [3.63, 3.8) is 0 Å². The average Bonchev–Trinajstić information content (AvgIpc) is 3.11. The van der Waals surface area contributed by atoms with Crippen molar-refractivity contribution in [2.24, 2.45) is 0 Å². The summed E-state index contributed by atoms with van der Waals surface area (Å²) < 4.78 is 37.1. The lowest BCUT2D eigenvalue weighted by Crippen LogP contribution is -2.33. The highest BCUT2D eigenvalue weighted by molar-refractivity contribution is 7.91. The Kier molecular flexibility index (Phi) is 7.25. The number of carbonyl (C=O) groups is 6. The zero-order valence-electron chi connectivity index (χ0n) is 15.0. The summed E-state index contributed by atoms with van der Waals surface area (Å²) in [6, 6.07) is 0. The minimum absolute atomic E-state index is 0.0341. The van der Waals surface area contributed by atoms with E-state index in [4.69, 9.17) is 0 Å². The summed E-state index contributed by atoms with van der Waals surface area (Å²) in [4.78, 5) is 72.3. The van der Waals surface area contributed by atoms with E-state index in [9.17, 15) is 37.2 Å². The van der Waals surface area contributed by atoms with Crippen LogP contribution < -0.4 is 0 Å². The number of hydroxylamine groups is 2. The first-order chi connectivity index (χ1) is 13.6. The van der Waals surface area contributed by atoms with E-state index in [1.165, 1.54) is 0 Å². The maximum absolute atomic E-state index is 11.8. The quantitative estimate of drug-likeness (QED) is 0.260. The van der Waals surface area contributed by atoms with Crippen LogP contribution in [0.15, 0.2) is 0 Å². The van der Waals surface area contributed by atoms with Crippen LogP contribution in [0.25, 0.3) is 0 Å². The number of carbonyl (C=O) groups excluding carboxylic acids is 6. The van der Waals surface area contributed by atoms with Gasteiger partial charge in [0.2, 0.25) is 6.10 Å². The van der Waals surface area contributed by atoms with Crippen molar-refractivity contribution in [3.8, 4) is 0 Å². The third-order valence-electron chi connectivity index (χ3n) is 3.82. The largest absolute Gasteiger partial charge is 0.533 e. The smallest absolute Gasteiger partial charge is 0.433 e. The summed E-state index contributed by atoms with van der Waals surface area (Å²) in [6.07, 6.45) is -4.57. The topological polar surface area (TPSA) is 177 Å². The van der Waals surface area contributed by atoms with E-state index < -0.39 is 76.4 Å². The molecule has 0 radical (unpaired) electrons. The average molecular weight is 435 g/mol. The van der Waals surface area contributed by atoms with Gasteiger partial charge in [-0.2, -0.15) is 0 Å². The van der Waals surface area contributed by atoms with Crippen LogP contribution in [0.2, 0.25) is 0 Å². The van der Waals surface area contributed by atoms with Gasteiger partial charge in [0, 0.05) is 25.7 Å². The van der Waals surface area contributed by atoms with Crippen LogP contribution in [-0.2, 0) is 48.1 Å². The molecule has 13 nitrogen and oxygen atoms in total. The second kappa shape index (κ2) is 9.45. The van der Waals surface area contributed by atoms with Crippen molar-refractivity contribution in [3.05, 3.63) is 0 Å². The summed E-state index contributed by atoms with van der Waals surface area (Å²) in [7, 11) is -3.82. The van der Waals surface area contributed by atoms with Crippen LogP contribution in [0.5, 0.6) is 0 Å². The fourth-order valence-corrected chi connectivity index (χ4v) is 3.19. The van der Waals surface area contributed by atoms with Gasteiger partial charge in [0.05, 0.1) is 11.5 Å². The molecular formula is C15H17NO12S. The molecule has 0 aromatic heterocycles. The molecule has 2 fully saturated rings. The Morgan fingerprint density at radius 3 is 1.83 bits per heavy atom. The molecule has 0 aromatic rings. The fourth-order valence-electron chi connectivity index (χ4n) is 2.31. The van der Waals surface area contributed by atoms with Crippen LogP contribution in [0, 0.1) is 0 Å². The lowest BCUT2D eigenvalue weighted by Gasteiger charge is -2.12. The molecule has 14 heteroatoms. The summed E-state index contributed by atoms with van der Waals surface area (Å²) in [5.74, 6) is -3.84. The van der Waals surface area contributed by atoms with Crippen LogP contribution in [0.3, 0.4) is 0 Å². The first-order valence-corrected chi connectivity index (χ1v) is 10.2. The molecule has 1 heterocycles. The number of nitrogens with zero attached hydrogens (tertiary/aromatic N) is 1. The lowest BCUT2D eigenvalue weighted by molar-refractivity contribution is -0.176.